The number of rotatable bonds is 6. The average molecular weight is 213 g/mol. The van der Waals surface area contributed by atoms with E-state index in [0.29, 0.717) is 30.8 Å². The Morgan fingerprint density at radius 3 is 2.80 bits per heavy atom. The van der Waals surface area contributed by atoms with E-state index in [1.165, 1.54) is 0 Å². The smallest absolute Gasteiger partial charge is 0.226 e. The predicted octanol–water partition coefficient (Wildman–Crippen LogP) is 1.30. The van der Waals surface area contributed by atoms with Gasteiger partial charge in [0.15, 0.2) is 5.82 Å². The SMILES string of the molecule is CCOCC(N)c1noc(CC(C)C)n1. The molecule has 0 aliphatic carbocycles. The first-order chi connectivity index (χ1) is 7.13. The molecule has 0 bridgehead atoms. The highest BCUT2D eigenvalue weighted by Crippen LogP contribution is 2.10. The van der Waals surface area contributed by atoms with Gasteiger partial charge in [-0.1, -0.05) is 19.0 Å². The van der Waals surface area contributed by atoms with Gasteiger partial charge in [0.2, 0.25) is 5.89 Å². The van der Waals surface area contributed by atoms with E-state index in [-0.39, 0.29) is 6.04 Å². The van der Waals surface area contributed by atoms with Crippen LogP contribution in [0.25, 0.3) is 0 Å². The summed E-state index contributed by atoms with van der Waals surface area (Å²) in [6.07, 6.45) is 0.786. The third-order valence-electron chi connectivity index (χ3n) is 1.90. The minimum Gasteiger partial charge on any atom is -0.380 e. The summed E-state index contributed by atoms with van der Waals surface area (Å²) in [6, 6.07) is -0.297. The second-order valence-electron chi connectivity index (χ2n) is 3.91. The van der Waals surface area contributed by atoms with Gasteiger partial charge in [0.05, 0.1) is 12.6 Å². The van der Waals surface area contributed by atoms with Crippen molar-refractivity contribution in [1.82, 2.24) is 10.1 Å². The molecule has 0 saturated heterocycles. The van der Waals surface area contributed by atoms with Gasteiger partial charge in [0, 0.05) is 13.0 Å². The molecule has 5 nitrogen and oxygen atoms in total. The van der Waals surface area contributed by atoms with Gasteiger partial charge in [-0.15, -0.1) is 0 Å². The second-order valence-corrected chi connectivity index (χ2v) is 3.91. The zero-order chi connectivity index (χ0) is 11.3. The van der Waals surface area contributed by atoms with E-state index in [1.54, 1.807) is 0 Å². The summed E-state index contributed by atoms with van der Waals surface area (Å²) in [5.41, 5.74) is 5.82. The fourth-order valence-corrected chi connectivity index (χ4v) is 1.17. The fourth-order valence-electron chi connectivity index (χ4n) is 1.17. The number of ether oxygens (including phenoxy) is 1. The van der Waals surface area contributed by atoms with Crippen LogP contribution in [0.4, 0.5) is 0 Å². The topological polar surface area (TPSA) is 74.2 Å². The van der Waals surface area contributed by atoms with Crippen LogP contribution in [0, 0.1) is 5.92 Å². The summed E-state index contributed by atoms with van der Waals surface area (Å²) in [5.74, 6) is 1.67. The lowest BCUT2D eigenvalue weighted by molar-refractivity contribution is 0.130. The van der Waals surface area contributed by atoms with E-state index in [4.69, 9.17) is 15.0 Å². The molecule has 0 aromatic carbocycles. The van der Waals surface area contributed by atoms with Crippen LogP contribution in [0.2, 0.25) is 0 Å². The van der Waals surface area contributed by atoms with Gasteiger partial charge < -0.3 is 15.0 Å². The molecule has 1 heterocycles. The highest BCUT2D eigenvalue weighted by atomic mass is 16.5. The fraction of sp³-hybridized carbons (Fsp3) is 0.800. The third kappa shape index (κ3) is 3.97. The Morgan fingerprint density at radius 2 is 2.20 bits per heavy atom. The summed E-state index contributed by atoms with van der Waals surface area (Å²) < 4.78 is 10.3. The molecule has 0 spiro atoms. The van der Waals surface area contributed by atoms with Gasteiger partial charge >= 0.3 is 0 Å². The van der Waals surface area contributed by atoms with Crippen LogP contribution < -0.4 is 5.73 Å². The van der Waals surface area contributed by atoms with Crippen molar-refractivity contribution in [3.8, 4) is 0 Å². The molecule has 0 aliphatic rings. The summed E-state index contributed by atoms with van der Waals surface area (Å²) in [7, 11) is 0. The molecule has 1 aromatic rings. The van der Waals surface area contributed by atoms with Crippen molar-refractivity contribution in [2.75, 3.05) is 13.2 Å². The van der Waals surface area contributed by atoms with Gasteiger partial charge in [-0.3, -0.25) is 0 Å². The summed E-state index contributed by atoms with van der Waals surface area (Å²) in [6.45, 7) is 7.20. The Labute approximate surface area is 90.0 Å². The van der Waals surface area contributed by atoms with Crippen LogP contribution in [-0.2, 0) is 11.2 Å². The quantitative estimate of drug-likeness (QED) is 0.771. The Bertz CT molecular complexity index is 286. The Morgan fingerprint density at radius 1 is 1.47 bits per heavy atom. The lowest BCUT2D eigenvalue weighted by atomic mass is 10.1. The van der Waals surface area contributed by atoms with Crippen molar-refractivity contribution in [3.63, 3.8) is 0 Å². The van der Waals surface area contributed by atoms with Gasteiger partial charge in [-0.05, 0) is 12.8 Å². The zero-order valence-electron chi connectivity index (χ0n) is 9.56. The van der Waals surface area contributed by atoms with E-state index in [2.05, 4.69) is 24.0 Å². The van der Waals surface area contributed by atoms with E-state index < -0.39 is 0 Å². The Hall–Kier alpha value is -0.940. The van der Waals surface area contributed by atoms with Crippen LogP contribution in [0.15, 0.2) is 4.52 Å². The lowest BCUT2D eigenvalue weighted by Gasteiger charge is -2.05. The Balaban J connectivity index is 2.51. The first-order valence-electron chi connectivity index (χ1n) is 5.29. The summed E-state index contributed by atoms with van der Waals surface area (Å²) >= 11 is 0. The van der Waals surface area contributed by atoms with Gasteiger partial charge in [-0.2, -0.15) is 4.98 Å². The molecule has 5 heteroatoms. The molecule has 2 N–H and O–H groups in total. The number of hydrogen-bond acceptors (Lipinski definition) is 5. The van der Waals surface area contributed by atoms with E-state index in [1.807, 2.05) is 6.92 Å². The second kappa shape index (κ2) is 5.82. The normalized spacial score (nSPS) is 13.4. The molecule has 0 aliphatic heterocycles. The van der Waals surface area contributed by atoms with Crippen molar-refractivity contribution in [3.05, 3.63) is 11.7 Å². The molecule has 0 saturated carbocycles. The first-order valence-corrected chi connectivity index (χ1v) is 5.29. The summed E-state index contributed by atoms with van der Waals surface area (Å²) in [5, 5.41) is 3.83. The first kappa shape index (κ1) is 12.1. The average Bonchev–Trinajstić information content (AvgIpc) is 2.61. The highest BCUT2D eigenvalue weighted by Gasteiger charge is 2.14. The highest BCUT2D eigenvalue weighted by molar-refractivity contribution is 4.93. The van der Waals surface area contributed by atoms with Crippen LogP contribution in [0.3, 0.4) is 0 Å². The predicted molar refractivity (Wildman–Crippen MR) is 56.3 cm³/mol. The maximum absolute atomic E-state index is 5.82. The molecule has 15 heavy (non-hydrogen) atoms. The molecule has 1 rings (SSSR count). The lowest BCUT2D eigenvalue weighted by Crippen LogP contribution is -2.18. The van der Waals surface area contributed by atoms with E-state index in [0.717, 1.165) is 6.42 Å². The van der Waals surface area contributed by atoms with Crippen molar-refractivity contribution >= 4 is 0 Å². The molecule has 1 unspecified atom stereocenters. The standard InChI is InChI=1S/C10H19N3O2/c1-4-14-6-8(11)10-12-9(15-13-10)5-7(2)3/h7-8H,4-6,11H2,1-3H3. The van der Waals surface area contributed by atoms with Gasteiger partial charge in [0.25, 0.3) is 0 Å². The van der Waals surface area contributed by atoms with Crippen molar-refractivity contribution in [1.29, 1.82) is 0 Å². The monoisotopic (exact) mass is 213 g/mol. The van der Waals surface area contributed by atoms with Gasteiger partial charge in [0.1, 0.15) is 0 Å². The molecule has 86 valence electrons. The third-order valence-corrected chi connectivity index (χ3v) is 1.90. The molecule has 1 aromatic heterocycles. The number of nitrogens with two attached hydrogens (primary N) is 1. The maximum Gasteiger partial charge on any atom is 0.226 e. The van der Waals surface area contributed by atoms with Crippen molar-refractivity contribution in [2.24, 2.45) is 11.7 Å². The van der Waals surface area contributed by atoms with E-state index >= 15 is 0 Å². The van der Waals surface area contributed by atoms with Crippen molar-refractivity contribution in [2.45, 2.75) is 33.2 Å². The number of nitrogens with zero attached hydrogens (tertiary/aromatic N) is 2. The minimum atomic E-state index is -0.297. The van der Waals surface area contributed by atoms with Crippen molar-refractivity contribution < 1.29 is 9.26 Å². The zero-order valence-corrected chi connectivity index (χ0v) is 9.56. The number of hydrogen-bond donors (Lipinski definition) is 1. The van der Waals surface area contributed by atoms with Crippen LogP contribution >= 0.6 is 0 Å². The van der Waals surface area contributed by atoms with Crippen LogP contribution in [0.5, 0.6) is 0 Å². The molecule has 1 atom stereocenters. The number of aromatic nitrogens is 2. The van der Waals surface area contributed by atoms with Gasteiger partial charge in [-0.25, -0.2) is 0 Å². The van der Waals surface area contributed by atoms with E-state index in [9.17, 15) is 0 Å². The summed E-state index contributed by atoms with van der Waals surface area (Å²) in [4.78, 5) is 4.22. The Kier molecular flexibility index (Phi) is 4.71. The largest absolute Gasteiger partial charge is 0.380 e. The molecular weight excluding hydrogens is 194 g/mol. The molecule has 0 radical (unpaired) electrons. The maximum atomic E-state index is 5.82. The molecule has 0 amide bonds. The molecular formula is C10H19N3O2. The molecule has 0 fully saturated rings. The minimum absolute atomic E-state index is 0.297. The van der Waals surface area contributed by atoms with Crippen LogP contribution in [-0.4, -0.2) is 23.4 Å². The van der Waals surface area contributed by atoms with Crippen LogP contribution in [0.1, 0.15) is 38.5 Å².